The summed E-state index contributed by atoms with van der Waals surface area (Å²) >= 11 is 20.7. The Hall–Kier alpha value is -15.1. The molecule has 21 rings (SSSR count). The third-order valence-corrected chi connectivity index (χ3v) is 30.8. The van der Waals surface area contributed by atoms with Crippen LogP contribution in [0.4, 0.5) is 34.1 Å². The number of hydrogen-bond donors (Lipinski definition) is 0. The summed E-state index contributed by atoms with van der Waals surface area (Å²) in [6.07, 6.45) is 18.6. The number of pyridine rings is 3. The average molecular weight is 2080 g/mol. The highest BCUT2D eigenvalue weighted by molar-refractivity contribution is 7.49. The highest BCUT2D eigenvalue weighted by Gasteiger charge is 2.43. The molecule has 0 radical (unpaired) electrons. The Balaban J connectivity index is 0.601. The quantitative estimate of drug-likeness (QED) is 0.0432. The molecular weight excluding hydrogens is 1970 g/mol. The molecule has 0 unspecified atom stereocenters. The van der Waals surface area contributed by atoms with Crippen molar-refractivity contribution in [1.82, 2.24) is 88.0 Å². The van der Waals surface area contributed by atoms with Gasteiger partial charge >= 0.3 is 25.9 Å². The highest BCUT2D eigenvalue weighted by Crippen LogP contribution is 2.50. The van der Waals surface area contributed by atoms with E-state index in [1.54, 1.807) is 130 Å². The number of anilines is 6. The van der Waals surface area contributed by atoms with Gasteiger partial charge in [-0.1, -0.05) is 108 Å². The van der Waals surface area contributed by atoms with Crippen molar-refractivity contribution in [2.45, 2.75) is 77.8 Å². The summed E-state index contributed by atoms with van der Waals surface area (Å²) in [6, 6.07) is 52.6. The highest BCUT2D eigenvalue weighted by atomic mass is 35.5. The second-order valence-electron chi connectivity index (χ2n) is 37.7. The van der Waals surface area contributed by atoms with Crippen molar-refractivity contribution in [2.75, 3.05) is 113 Å². The number of morpholine rings is 3. The topological polar surface area (TPSA) is 335 Å². The van der Waals surface area contributed by atoms with Gasteiger partial charge in [-0.3, -0.25) is 73.1 Å². The lowest BCUT2D eigenvalue weighted by Gasteiger charge is -2.40. The molecule has 3 atom stereocenters. The van der Waals surface area contributed by atoms with Crippen molar-refractivity contribution in [2.24, 2.45) is 21.1 Å². The van der Waals surface area contributed by atoms with Crippen LogP contribution in [0.1, 0.15) is 113 Å². The Bertz CT molecular complexity index is 6920. The first-order valence-corrected chi connectivity index (χ1v) is 51.8. The van der Waals surface area contributed by atoms with E-state index in [4.69, 9.17) is 62.6 Å². The number of benzene rings is 6. The number of carbonyl (C=O) groups excluding carboxylic acids is 6. The Morgan fingerprint density at radius 3 is 0.839 bits per heavy atom. The Labute approximate surface area is 875 Å². The number of phosphoric acid groups is 1. The van der Waals surface area contributed by atoms with E-state index in [1.807, 2.05) is 85.9 Å². The minimum Gasteiger partial charge on any atom is -0.379 e. The molecule has 0 N–H and O–H groups in total. The zero-order chi connectivity index (χ0) is 103. The summed E-state index contributed by atoms with van der Waals surface area (Å²) < 4.78 is 57.5. The van der Waals surface area contributed by atoms with Crippen molar-refractivity contribution in [3.63, 3.8) is 0 Å². The van der Waals surface area contributed by atoms with E-state index in [1.165, 1.54) is 106 Å². The fourth-order valence-corrected chi connectivity index (χ4v) is 22.2. The summed E-state index contributed by atoms with van der Waals surface area (Å²) in [6.45, 7) is 16.5. The number of halogens is 3. The van der Waals surface area contributed by atoms with E-state index in [2.05, 4.69) is 96.0 Å². The number of rotatable bonds is 27. The third kappa shape index (κ3) is 20.9. The molecule has 0 bridgehead atoms. The molecule has 0 saturated carbocycles. The predicted octanol–water partition coefficient (Wildman–Crippen LogP) is 17.4. The van der Waals surface area contributed by atoms with Gasteiger partial charge in [-0.15, -0.1) is 0 Å². The van der Waals surface area contributed by atoms with Gasteiger partial charge in [0.1, 0.15) is 0 Å². The van der Waals surface area contributed by atoms with Gasteiger partial charge in [-0.2, -0.15) is 4.57 Å². The van der Waals surface area contributed by atoms with E-state index in [-0.39, 0.29) is 69.6 Å². The lowest BCUT2D eigenvalue weighted by atomic mass is 9.92. The molecule has 149 heavy (non-hydrogen) atoms. The van der Waals surface area contributed by atoms with Crippen LogP contribution in [0, 0.1) is 20.8 Å². The molecule has 6 amide bonds. The molecule has 0 aliphatic carbocycles. The van der Waals surface area contributed by atoms with Crippen molar-refractivity contribution >= 4 is 112 Å². The second kappa shape index (κ2) is 43.4. The molecule has 3 fully saturated rings. The van der Waals surface area contributed by atoms with E-state index in [0.29, 0.717) is 198 Å². The maximum atomic E-state index is 16.2. The molecule has 15 heterocycles. The van der Waals surface area contributed by atoms with Gasteiger partial charge in [-0.25, -0.2) is 29.9 Å². The monoisotopic (exact) mass is 2080 g/mol. The number of amides is 6. The molecule has 9 aromatic heterocycles. The maximum absolute atomic E-state index is 16.2. The average Bonchev–Trinajstić information content (AvgIpc) is 1.71. The zero-order valence-corrected chi connectivity index (χ0v) is 85.8. The number of phosphoric ester groups is 1. The first-order chi connectivity index (χ1) is 72.4. The summed E-state index contributed by atoms with van der Waals surface area (Å²) in [5, 5.41) is 1.11. The lowest BCUT2D eigenvalue weighted by molar-refractivity contribution is 0.0190. The normalized spacial score (nSPS) is 16.5. The number of carbonyl (C=O) groups is 6. The van der Waals surface area contributed by atoms with Gasteiger partial charge in [0, 0.05) is 238 Å². The number of fused-ring (bicyclic) bond motifs is 3. The van der Waals surface area contributed by atoms with Crippen LogP contribution in [0.5, 0.6) is 18.0 Å². The van der Waals surface area contributed by atoms with Crippen LogP contribution in [0.2, 0.25) is 15.1 Å². The van der Waals surface area contributed by atoms with Gasteiger partial charge < -0.3 is 56.2 Å². The summed E-state index contributed by atoms with van der Waals surface area (Å²) in [7, 11) is 0.0106. The molecule has 34 nitrogen and oxygen atoms in total. The molecule has 38 heteroatoms. The second-order valence-corrected chi connectivity index (χ2v) is 40.4. The Morgan fingerprint density at radius 2 is 0.584 bits per heavy atom. The lowest BCUT2D eigenvalue weighted by Crippen LogP contribution is -2.52. The van der Waals surface area contributed by atoms with Gasteiger partial charge in [0.15, 0.2) is 0 Å². The molecule has 6 aliphatic heterocycles. The van der Waals surface area contributed by atoms with Gasteiger partial charge in [0.05, 0.1) is 128 Å². The number of aromatic nitrogens is 12. The van der Waals surface area contributed by atoms with Crippen LogP contribution in [0.3, 0.4) is 0 Å². The van der Waals surface area contributed by atoms with Crippen LogP contribution in [-0.4, -0.2) is 240 Å². The van der Waals surface area contributed by atoms with Crippen LogP contribution < -0.4 is 28.3 Å². The Kier molecular flexibility index (Phi) is 29.1. The molecule has 0 spiro atoms. The van der Waals surface area contributed by atoms with E-state index >= 15 is 33.3 Å². The van der Waals surface area contributed by atoms with Gasteiger partial charge in [-0.05, 0) is 183 Å². The van der Waals surface area contributed by atoms with Crippen LogP contribution in [-0.2, 0) is 78.8 Å². The fraction of sp³-hybridized carbons (Fsp3) is 0.270. The minimum atomic E-state index is -5.42. The standard InChI is InChI=1S/C111H105Cl3N21O13P/c1-70-94(55-100(124(70)4)97-52-79(112)19-22-91(97)103(136)130-64-76-16-10-7-13-73(76)49-85(130)67-127-37-43-143-44-38-127)106(139)133(82-25-31-115-32-26-82)88-58-118-109(119-59-88)146-149(142,147-110-120-60-89(61-121-110)134(83-27-33-116-34-28-83)107(140)95-56-101(125(5)71(95)2)98-53-80(113)20-23-92(98)104(137)131-65-77-17-11-8-14-74(77)50-86(131)68-128-39-45-144-46-40-128)148-111-122-62-90(63-123-111)135(84-29-35-117-36-30-84)108(141)96-57-102(126(6)72(96)3)99-54-81(114)21-24-93(99)105(138)132-66-78-18-12-9-15-75(78)51-87(132)69-129-41-47-145-48-42-129/h7-36,52-63,85-87H,37-51,64-69H2,1-6H3/t85-,86-,87-/m0/s1. The molecule has 3 saturated heterocycles. The first kappa shape index (κ1) is 99.9. The number of ether oxygens (including phenoxy) is 3. The number of hydrogen-bond acceptors (Lipinski definition) is 25. The SMILES string of the molecule is Cc1c(C(=O)N(c2ccncc2)c2cnc(OP(=O)(Oc3ncc(N(C(=O)c4cc(-c5cc(Cl)ccc5C(=O)N5Cc6ccccc6C[C@H]5CN5CCOCC5)n(C)c4C)c4ccncc4)cn3)Oc3ncc(N(C(=O)c4cc(-c5cc(Cl)ccc5C(=O)N5Cc6ccccc6C[C@H]5CN5CCOCC5)n(C)c4C)c4ccncc4)cn3)nc2)cc(-c2cc(Cl)ccc2C(=O)N2Cc3ccccc3C[C@H]2CN2CCOCC2)n1C. The predicted molar refractivity (Wildman–Crippen MR) is 563 cm³/mol. The van der Waals surface area contributed by atoms with Crippen LogP contribution in [0.25, 0.3) is 33.8 Å². The van der Waals surface area contributed by atoms with Gasteiger partial charge in [0.25, 0.3) is 35.4 Å². The van der Waals surface area contributed by atoms with Crippen molar-refractivity contribution in [3.8, 4) is 51.8 Å². The smallest absolute Gasteiger partial charge is 0.379 e. The van der Waals surface area contributed by atoms with E-state index in [0.717, 1.165) is 56.0 Å². The van der Waals surface area contributed by atoms with Crippen LogP contribution >= 0.6 is 42.6 Å². The number of nitrogens with zero attached hydrogens (tertiary/aromatic N) is 21. The largest absolute Gasteiger partial charge is 0.654 e. The molecule has 758 valence electrons. The zero-order valence-electron chi connectivity index (χ0n) is 82.6. The van der Waals surface area contributed by atoms with Crippen LogP contribution in [0.15, 0.2) is 256 Å². The summed E-state index contributed by atoms with van der Waals surface area (Å²) in [5.41, 5.74) is 14.5. The third-order valence-electron chi connectivity index (χ3n) is 28.9. The van der Waals surface area contributed by atoms with E-state index < -0.39 is 43.6 Å². The molecule has 6 aliphatic rings. The summed E-state index contributed by atoms with van der Waals surface area (Å²) in [5.74, 6) is -2.26. The van der Waals surface area contributed by atoms with Gasteiger partial charge in [0.2, 0.25) is 0 Å². The van der Waals surface area contributed by atoms with Crippen molar-refractivity contribution < 1.29 is 61.1 Å². The van der Waals surface area contributed by atoms with Crippen molar-refractivity contribution in [1.29, 1.82) is 0 Å². The fourth-order valence-electron chi connectivity index (χ4n) is 20.7. The molecular formula is C111H105Cl3N21O13P. The Morgan fingerprint density at radius 1 is 0.336 bits per heavy atom. The molecule has 6 aromatic carbocycles. The van der Waals surface area contributed by atoms with E-state index in [9.17, 15) is 0 Å². The molecule has 15 aromatic rings. The summed E-state index contributed by atoms with van der Waals surface area (Å²) in [4.78, 5) is 151. The first-order valence-electron chi connectivity index (χ1n) is 49.2. The minimum absolute atomic E-state index is 0.0864. The maximum Gasteiger partial charge on any atom is 0.654 e. The van der Waals surface area contributed by atoms with Crippen molar-refractivity contribution in [3.05, 3.63) is 355 Å².